The molecule has 21 heavy (non-hydrogen) atoms. The molecule has 1 saturated heterocycles. The molecule has 2 aliphatic heterocycles. The number of benzene rings is 1. The van der Waals surface area contributed by atoms with Crippen LogP contribution in [-0.2, 0) is 9.59 Å². The van der Waals surface area contributed by atoms with Gasteiger partial charge in [-0.1, -0.05) is 6.07 Å². The summed E-state index contributed by atoms with van der Waals surface area (Å²) in [5, 5.41) is 2.09. The Kier molecular flexibility index (Phi) is 2.86. The first-order chi connectivity index (χ1) is 9.91. The lowest BCUT2D eigenvalue weighted by atomic mass is 10.0. The van der Waals surface area contributed by atoms with Crippen molar-refractivity contribution in [3.8, 4) is 0 Å². The summed E-state index contributed by atoms with van der Waals surface area (Å²) < 4.78 is 13.8. The van der Waals surface area contributed by atoms with Crippen LogP contribution in [0.2, 0.25) is 0 Å². The highest BCUT2D eigenvalue weighted by molar-refractivity contribution is 6.24. The van der Waals surface area contributed by atoms with Gasteiger partial charge in [-0.2, -0.15) is 0 Å². The molecule has 1 N–H and O–H groups in total. The molecule has 0 radical (unpaired) electrons. The zero-order chi connectivity index (χ0) is 15.3. The van der Waals surface area contributed by atoms with Crippen LogP contribution >= 0.6 is 0 Å². The number of amides is 4. The molecular formula is C14H11FN2O4. The maximum Gasteiger partial charge on any atom is 0.265 e. The molecule has 7 heteroatoms. The zero-order valence-corrected chi connectivity index (χ0v) is 11.1. The molecule has 2 aliphatic rings. The van der Waals surface area contributed by atoms with E-state index < -0.39 is 35.5 Å². The summed E-state index contributed by atoms with van der Waals surface area (Å²) in [6, 6.07) is 1.45. The number of carbonyl (C=O) groups excluding carboxylic acids is 4. The summed E-state index contributed by atoms with van der Waals surface area (Å²) in [6.07, 6.45) is 0.0854. The lowest BCUT2D eigenvalue weighted by molar-refractivity contribution is -0.136. The van der Waals surface area contributed by atoms with Crippen molar-refractivity contribution >= 4 is 23.6 Å². The first-order valence-electron chi connectivity index (χ1n) is 6.42. The number of nitrogens with zero attached hydrogens (tertiary/aromatic N) is 1. The van der Waals surface area contributed by atoms with Gasteiger partial charge in [-0.05, 0) is 25.0 Å². The Morgan fingerprint density at radius 3 is 2.43 bits per heavy atom. The molecule has 4 amide bonds. The van der Waals surface area contributed by atoms with Crippen molar-refractivity contribution in [2.75, 3.05) is 0 Å². The van der Waals surface area contributed by atoms with Crippen molar-refractivity contribution in [2.45, 2.75) is 25.8 Å². The van der Waals surface area contributed by atoms with Crippen LogP contribution in [0.15, 0.2) is 12.1 Å². The van der Waals surface area contributed by atoms with Crippen molar-refractivity contribution in [1.82, 2.24) is 10.2 Å². The number of rotatable bonds is 1. The van der Waals surface area contributed by atoms with Gasteiger partial charge >= 0.3 is 0 Å². The Hall–Kier alpha value is -2.57. The largest absolute Gasteiger partial charge is 0.295 e. The molecule has 3 rings (SSSR count). The van der Waals surface area contributed by atoms with E-state index in [-0.39, 0.29) is 24.0 Å². The second kappa shape index (κ2) is 4.47. The molecule has 0 saturated carbocycles. The van der Waals surface area contributed by atoms with E-state index in [1.807, 2.05) is 0 Å². The number of piperidine rings is 1. The van der Waals surface area contributed by atoms with Crippen LogP contribution in [0.5, 0.6) is 0 Å². The van der Waals surface area contributed by atoms with Gasteiger partial charge in [-0.25, -0.2) is 4.39 Å². The van der Waals surface area contributed by atoms with Gasteiger partial charge in [-0.15, -0.1) is 0 Å². The van der Waals surface area contributed by atoms with Gasteiger partial charge in [0.1, 0.15) is 11.9 Å². The number of halogens is 1. The van der Waals surface area contributed by atoms with E-state index in [0.29, 0.717) is 5.56 Å². The fraction of sp³-hybridized carbons (Fsp3) is 0.286. The van der Waals surface area contributed by atoms with Gasteiger partial charge in [-0.3, -0.25) is 29.4 Å². The third-order valence-corrected chi connectivity index (χ3v) is 3.75. The van der Waals surface area contributed by atoms with E-state index >= 15 is 0 Å². The van der Waals surface area contributed by atoms with Gasteiger partial charge < -0.3 is 0 Å². The molecule has 1 atom stereocenters. The summed E-state index contributed by atoms with van der Waals surface area (Å²) in [5.41, 5.74) is 0.161. The molecular weight excluding hydrogens is 279 g/mol. The second-order valence-corrected chi connectivity index (χ2v) is 5.06. The predicted molar refractivity (Wildman–Crippen MR) is 67.8 cm³/mol. The van der Waals surface area contributed by atoms with Gasteiger partial charge in [0.15, 0.2) is 0 Å². The number of hydrogen-bond acceptors (Lipinski definition) is 4. The smallest absolute Gasteiger partial charge is 0.265 e. The Bertz CT molecular complexity index is 672. The fourth-order valence-corrected chi connectivity index (χ4v) is 2.71. The van der Waals surface area contributed by atoms with E-state index in [2.05, 4.69) is 5.32 Å². The van der Waals surface area contributed by atoms with Crippen molar-refractivity contribution in [3.05, 3.63) is 34.6 Å². The number of fused-ring (bicyclic) bond motifs is 1. The highest BCUT2D eigenvalue weighted by Crippen LogP contribution is 2.31. The van der Waals surface area contributed by atoms with Crippen LogP contribution in [0.1, 0.15) is 39.1 Å². The van der Waals surface area contributed by atoms with Crippen LogP contribution in [0.4, 0.5) is 4.39 Å². The predicted octanol–water partition coefficient (Wildman–Crippen LogP) is 0.535. The fourth-order valence-electron chi connectivity index (χ4n) is 2.71. The number of aryl methyl sites for hydroxylation is 1. The van der Waals surface area contributed by atoms with E-state index in [9.17, 15) is 23.6 Å². The third-order valence-electron chi connectivity index (χ3n) is 3.75. The van der Waals surface area contributed by atoms with E-state index in [1.165, 1.54) is 6.07 Å². The third kappa shape index (κ3) is 1.84. The van der Waals surface area contributed by atoms with Gasteiger partial charge in [0, 0.05) is 6.42 Å². The molecule has 1 aromatic carbocycles. The molecule has 0 aromatic heterocycles. The monoisotopic (exact) mass is 290 g/mol. The van der Waals surface area contributed by atoms with Crippen molar-refractivity contribution in [2.24, 2.45) is 0 Å². The molecule has 6 nitrogen and oxygen atoms in total. The number of hydrogen-bond donors (Lipinski definition) is 1. The second-order valence-electron chi connectivity index (χ2n) is 5.06. The number of nitrogens with one attached hydrogen (secondary N) is 1. The topological polar surface area (TPSA) is 83.6 Å². The molecule has 1 fully saturated rings. The summed E-state index contributed by atoms with van der Waals surface area (Å²) in [4.78, 5) is 48.4. The standard InChI is InChI=1S/C14H11FN2O4/c1-6-2-3-7(15)11-10(6)13(20)17(14(11)21)8-4-5-9(18)16-12(8)19/h2-3,8H,4-5H2,1H3,(H,16,18,19). The normalized spacial score (nSPS) is 21.6. The Morgan fingerprint density at radius 1 is 1.14 bits per heavy atom. The Morgan fingerprint density at radius 2 is 1.81 bits per heavy atom. The van der Waals surface area contributed by atoms with Gasteiger partial charge in [0.25, 0.3) is 11.8 Å². The minimum Gasteiger partial charge on any atom is -0.295 e. The Labute approximate surface area is 118 Å². The van der Waals surface area contributed by atoms with E-state index in [4.69, 9.17) is 0 Å². The molecule has 1 unspecified atom stereocenters. The maximum absolute atomic E-state index is 13.8. The average Bonchev–Trinajstić information content (AvgIpc) is 2.68. The Balaban J connectivity index is 2.05. The molecule has 0 aliphatic carbocycles. The first kappa shape index (κ1) is 13.4. The summed E-state index contributed by atoms with van der Waals surface area (Å²) in [5.74, 6) is -3.47. The first-order valence-corrected chi connectivity index (χ1v) is 6.42. The highest BCUT2D eigenvalue weighted by atomic mass is 19.1. The van der Waals surface area contributed by atoms with Crippen LogP contribution < -0.4 is 5.32 Å². The van der Waals surface area contributed by atoms with Gasteiger partial charge in [0.2, 0.25) is 11.8 Å². The zero-order valence-electron chi connectivity index (χ0n) is 11.1. The van der Waals surface area contributed by atoms with Crippen molar-refractivity contribution < 1.29 is 23.6 Å². The van der Waals surface area contributed by atoms with Crippen LogP contribution in [0.3, 0.4) is 0 Å². The van der Waals surface area contributed by atoms with Gasteiger partial charge in [0.05, 0.1) is 11.1 Å². The van der Waals surface area contributed by atoms with Crippen LogP contribution in [0.25, 0.3) is 0 Å². The summed E-state index contributed by atoms with van der Waals surface area (Å²) in [6.45, 7) is 1.59. The average molecular weight is 290 g/mol. The SMILES string of the molecule is Cc1ccc(F)c2c1C(=O)N(C1CCC(=O)NC1=O)C2=O. The molecule has 0 spiro atoms. The quantitative estimate of drug-likeness (QED) is 0.765. The van der Waals surface area contributed by atoms with Crippen LogP contribution in [-0.4, -0.2) is 34.6 Å². The van der Waals surface area contributed by atoms with E-state index in [1.54, 1.807) is 6.92 Å². The molecule has 108 valence electrons. The lowest BCUT2D eigenvalue weighted by Gasteiger charge is -2.27. The molecule has 2 heterocycles. The number of carbonyl (C=O) groups is 4. The minimum atomic E-state index is -1.08. The molecule has 0 bridgehead atoms. The summed E-state index contributed by atoms with van der Waals surface area (Å²) in [7, 11) is 0. The van der Waals surface area contributed by atoms with E-state index in [0.717, 1.165) is 11.0 Å². The minimum absolute atomic E-state index is 0.00954. The summed E-state index contributed by atoms with van der Waals surface area (Å²) >= 11 is 0. The lowest BCUT2D eigenvalue weighted by Crippen LogP contribution is -2.54. The molecule has 1 aromatic rings. The maximum atomic E-state index is 13.8. The number of imide groups is 2. The van der Waals surface area contributed by atoms with Crippen LogP contribution in [0, 0.1) is 12.7 Å². The van der Waals surface area contributed by atoms with Crippen molar-refractivity contribution in [3.63, 3.8) is 0 Å². The highest BCUT2D eigenvalue weighted by Gasteiger charge is 2.46. The van der Waals surface area contributed by atoms with Crippen molar-refractivity contribution in [1.29, 1.82) is 0 Å².